The Morgan fingerprint density at radius 3 is 2.34 bits per heavy atom. The fourth-order valence-electron chi connectivity index (χ4n) is 3.31. The minimum Gasteiger partial charge on any atom is -0.496 e. The van der Waals surface area contributed by atoms with Crippen LogP contribution in [0.15, 0.2) is 35.9 Å². The predicted molar refractivity (Wildman–Crippen MR) is 116 cm³/mol. The molecule has 2 aromatic rings. The topological polar surface area (TPSA) is 74.0 Å². The van der Waals surface area contributed by atoms with E-state index in [1.165, 1.54) is 0 Å². The number of carbonyl (C=O) groups excluding carboxylic acids is 1. The maximum absolute atomic E-state index is 13.3. The van der Waals surface area contributed by atoms with Crippen molar-refractivity contribution in [2.75, 3.05) is 45.1 Å². The molecule has 2 aromatic carbocycles. The molecule has 0 amide bonds. The number of nitrogens with zero attached hydrogens (tertiary/aromatic N) is 1. The van der Waals surface area contributed by atoms with Crippen LogP contribution in [0.5, 0.6) is 17.2 Å². The number of anilines is 2. The third-order valence-electron chi connectivity index (χ3n) is 4.86. The van der Waals surface area contributed by atoms with Gasteiger partial charge in [-0.3, -0.25) is 4.79 Å². The lowest BCUT2D eigenvalue weighted by atomic mass is 9.91. The number of allylic oxidation sites excluding steroid dienone is 1. The Morgan fingerprint density at radius 1 is 1.14 bits per heavy atom. The predicted octanol–water partition coefficient (Wildman–Crippen LogP) is 4.04. The molecule has 0 spiro atoms. The smallest absolute Gasteiger partial charge is 0.189 e. The molecule has 1 aliphatic rings. The molecule has 1 heterocycles. The maximum Gasteiger partial charge on any atom is 0.189 e. The molecule has 0 aliphatic carbocycles. The number of nitrogens with two attached hydrogens (primary N) is 1. The number of fused-ring (bicyclic) bond motifs is 1. The molecule has 0 saturated carbocycles. The molecule has 0 fully saturated rings. The van der Waals surface area contributed by atoms with Crippen molar-refractivity contribution in [2.24, 2.45) is 5.92 Å². The van der Waals surface area contributed by atoms with Gasteiger partial charge in [-0.2, -0.15) is 0 Å². The van der Waals surface area contributed by atoms with E-state index in [1.54, 1.807) is 19.2 Å². The molecule has 2 N–H and O–H groups in total. The first-order valence-corrected chi connectivity index (χ1v) is 9.62. The van der Waals surface area contributed by atoms with Crippen LogP contribution in [0, 0.1) is 5.92 Å². The van der Waals surface area contributed by atoms with Crippen molar-refractivity contribution in [3.05, 3.63) is 47.0 Å². The van der Waals surface area contributed by atoms with Crippen molar-refractivity contribution < 1.29 is 19.0 Å². The molecule has 0 bridgehead atoms. The van der Waals surface area contributed by atoms with Gasteiger partial charge in [-0.1, -0.05) is 13.8 Å². The summed E-state index contributed by atoms with van der Waals surface area (Å²) in [5.41, 5.74) is 9.59. The average molecular weight is 396 g/mol. The second-order valence-corrected chi connectivity index (χ2v) is 7.49. The number of hydrogen-bond acceptors (Lipinski definition) is 6. The average Bonchev–Trinajstić information content (AvgIpc) is 2.70. The molecule has 0 unspecified atom stereocenters. The first-order valence-electron chi connectivity index (χ1n) is 9.62. The van der Waals surface area contributed by atoms with E-state index in [0.29, 0.717) is 47.3 Å². The van der Waals surface area contributed by atoms with E-state index in [1.807, 2.05) is 57.1 Å². The molecular weight excluding hydrogens is 368 g/mol. The van der Waals surface area contributed by atoms with Gasteiger partial charge in [0.15, 0.2) is 17.3 Å². The summed E-state index contributed by atoms with van der Waals surface area (Å²) in [6.07, 6.45) is 1.86. The Labute approximate surface area is 171 Å². The first-order chi connectivity index (χ1) is 13.8. The Hall–Kier alpha value is -3.15. The number of carbonyl (C=O) groups is 1. The lowest BCUT2D eigenvalue weighted by molar-refractivity contribution is 0.102. The normalized spacial score (nSPS) is 13.4. The minimum absolute atomic E-state index is 0.00940. The van der Waals surface area contributed by atoms with Crippen molar-refractivity contribution in [3.63, 3.8) is 0 Å². The van der Waals surface area contributed by atoms with E-state index in [4.69, 9.17) is 19.9 Å². The monoisotopic (exact) mass is 396 g/mol. The van der Waals surface area contributed by atoms with Crippen molar-refractivity contribution in [1.82, 2.24) is 0 Å². The van der Waals surface area contributed by atoms with Crippen LogP contribution in [-0.2, 0) is 0 Å². The highest BCUT2D eigenvalue weighted by atomic mass is 16.6. The highest BCUT2D eigenvalue weighted by molar-refractivity contribution is 6.12. The van der Waals surface area contributed by atoms with E-state index >= 15 is 0 Å². The number of hydrogen-bond donors (Lipinski definition) is 1. The SMILES string of the molecule is COc1cc2c(cc1/C=C(/C(=O)c1ccc(N(C)C)c(N)c1)C(C)C)OCCO2. The third kappa shape index (κ3) is 4.31. The van der Waals surface area contributed by atoms with Gasteiger partial charge in [-0.05, 0) is 36.3 Å². The summed E-state index contributed by atoms with van der Waals surface area (Å²) in [6, 6.07) is 9.06. The van der Waals surface area contributed by atoms with Crippen LogP contribution in [-0.4, -0.2) is 40.2 Å². The molecule has 1 aliphatic heterocycles. The summed E-state index contributed by atoms with van der Waals surface area (Å²) in [4.78, 5) is 15.2. The molecule has 0 atom stereocenters. The van der Waals surface area contributed by atoms with E-state index in [0.717, 1.165) is 11.3 Å². The number of rotatable bonds is 6. The highest BCUT2D eigenvalue weighted by Gasteiger charge is 2.20. The summed E-state index contributed by atoms with van der Waals surface area (Å²) in [5.74, 6) is 1.87. The van der Waals surface area contributed by atoms with E-state index < -0.39 is 0 Å². The van der Waals surface area contributed by atoms with Crippen molar-refractivity contribution in [1.29, 1.82) is 0 Å². The van der Waals surface area contributed by atoms with Gasteiger partial charge in [-0.15, -0.1) is 0 Å². The zero-order valence-electron chi connectivity index (χ0n) is 17.6. The van der Waals surface area contributed by atoms with Crippen LogP contribution in [0.4, 0.5) is 11.4 Å². The zero-order chi connectivity index (χ0) is 21.1. The zero-order valence-corrected chi connectivity index (χ0v) is 17.6. The molecule has 0 saturated heterocycles. The van der Waals surface area contributed by atoms with Gasteiger partial charge < -0.3 is 24.8 Å². The molecule has 6 nitrogen and oxygen atoms in total. The van der Waals surface area contributed by atoms with Crippen LogP contribution < -0.4 is 24.8 Å². The summed E-state index contributed by atoms with van der Waals surface area (Å²) < 4.78 is 16.8. The standard InChI is InChI=1S/C23H28N2O4/c1-14(2)17(23(26)15-6-7-19(25(3)4)18(24)11-15)10-16-12-21-22(13-20(16)27-5)29-9-8-28-21/h6-7,10-14H,8-9,24H2,1-5H3/b17-10+. The third-order valence-corrected chi connectivity index (χ3v) is 4.86. The molecular formula is C23H28N2O4. The lowest BCUT2D eigenvalue weighted by Crippen LogP contribution is -2.15. The molecule has 0 radical (unpaired) electrons. The van der Waals surface area contributed by atoms with Crippen LogP contribution in [0.1, 0.15) is 29.8 Å². The Bertz CT molecular complexity index is 948. The van der Waals surface area contributed by atoms with E-state index in [2.05, 4.69) is 0 Å². The molecule has 0 aromatic heterocycles. The molecule has 29 heavy (non-hydrogen) atoms. The Morgan fingerprint density at radius 2 is 1.79 bits per heavy atom. The van der Waals surface area contributed by atoms with Crippen molar-refractivity contribution >= 4 is 23.2 Å². The summed E-state index contributed by atoms with van der Waals surface area (Å²) in [7, 11) is 5.43. The van der Waals surface area contributed by atoms with E-state index in [-0.39, 0.29) is 11.7 Å². The van der Waals surface area contributed by atoms with E-state index in [9.17, 15) is 4.79 Å². The first kappa shape index (κ1) is 20.6. The van der Waals surface area contributed by atoms with Gasteiger partial charge in [0.2, 0.25) is 0 Å². The number of Topliss-reactive ketones (excluding diaryl/α,β-unsaturated/α-hetero) is 1. The second kappa shape index (κ2) is 8.47. The quantitative estimate of drug-likeness (QED) is 0.451. The fourth-order valence-corrected chi connectivity index (χ4v) is 3.31. The van der Waals surface area contributed by atoms with Crippen molar-refractivity contribution in [3.8, 4) is 17.2 Å². The number of ketones is 1. The summed E-state index contributed by atoms with van der Waals surface area (Å²) in [5, 5.41) is 0. The number of ether oxygens (including phenoxy) is 3. The summed E-state index contributed by atoms with van der Waals surface area (Å²) >= 11 is 0. The fraction of sp³-hybridized carbons (Fsp3) is 0.348. The lowest BCUT2D eigenvalue weighted by Gasteiger charge is -2.20. The summed E-state index contributed by atoms with van der Waals surface area (Å²) in [6.45, 7) is 4.99. The maximum atomic E-state index is 13.3. The largest absolute Gasteiger partial charge is 0.496 e. The molecule has 154 valence electrons. The Balaban J connectivity index is 2.03. The van der Waals surface area contributed by atoms with Crippen molar-refractivity contribution in [2.45, 2.75) is 13.8 Å². The van der Waals surface area contributed by atoms with Gasteiger partial charge >= 0.3 is 0 Å². The van der Waals surface area contributed by atoms with Crippen LogP contribution in [0.3, 0.4) is 0 Å². The molecule has 6 heteroatoms. The minimum atomic E-state index is -0.0612. The van der Waals surface area contributed by atoms with Gasteiger partial charge in [0, 0.05) is 36.9 Å². The van der Waals surface area contributed by atoms with Gasteiger partial charge in [-0.25, -0.2) is 0 Å². The van der Waals surface area contributed by atoms with Gasteiger partial charge in [0.25, 0.3) is 0 Å². The number of benzene rings is 2. The van der Waals surface area contributed by atoms with Gasteiger partial charge in [0.1, 0.15) is 19.0 Å². The Kier molecular flexibility index (Phi) is 6.01. The second-order valence-electron chi connectivity index (χ2n) is 7.49. The van der Waals surface area contributed by atoms with Crippen LogP contribution >= 0.6 is 0 Å². The highest BCUT2D eigenvalue weighted by Crippen LogP contribution is 2.38. The number of methoxy groups -OCH3 is 1. The van der Waals surface area contributed by atoms with Crippen LogP contribution in [0.2, 0.25) is 0 Å². The number of nitrogen functional groups attached to an aromatic ring is 1. The van der Waals surface area contributed by atoms with Gasteiger partial charge in [0.05, 0.1) is 18.5 Å². The molecule has 3 rings (SSSR count). The van der Waals surface area contributed by atoms with Crippen LogP contribution in [0.25, 0.3) is 6.08 Å².